The van der Waals surface area contributed by atoms with Gasteiger partial charge in [-0.05, 0) is 18.1 Å². The number of para-hydroxylation sites is 1. The summed E-state index contributed by atoms with van der Waals surface area (Å²) in [7, 11) is 0. The van der Waals surface area contributed by atoms with Crippen LogP contribution in [0.4, 0.5) is 5.69 Å². The summed E-state index contributed by atoms with van der Waals surface area (Å²) < 4.78 is 0. The Morgan fingerprint density at radius 2 is 2.25 bits per heavy atom. The summed E-state index contributed by atoms with van der Waals surface area (Å²) in [6.45, 7) is 3.38. The zero-order chi connectivity index (χ0) is 8.39. The number of fused-ring (bicyclic) bond motifs is 1. The molecule has 0 spiro atoms. The highest BCUT2D eigenvalue weighted by atomic mass is 32.2. The molecular formula is C10H13NS. The maximum absolute atomic E-state index is 3.45. The van der Waals surface area contributed by atoms with Gasteiger partial charge in [0.1, 0.15) is 0 Å². The molecule has 1 aliphatic heterocycles. The summed E-state index contributed by atoms with van der Waals surface area (Å²) in [5.74, 6) is 1.99. The Balaban J connectivity index is 2.26. The molecule has 0 amide bonds. The van der Waals surface area contributed by atoms with E-state index in [1.54, 1.807) is 0 Å². The maximum atomic E-state index is 3.45. The van der Waals surface area contributed by atoms with Gasteiger partial charge in [0.25, 0.3) is 0 Å². The number of thioether (sulfide) groups is 1. The van der Waals surface area contributed by atoms with Gasteiger partial charge < -0.3 is 5.32 Å². The van der Waals surface area contributed by atoms with Gasteiger partial charge in [0.05, 0.1) is 0 Å². The van der Waals surface area contributed by atoms with Crippen LogP contribution in [0.25, 0.3) is 0 Å². The van der Waals surface area contributed by atoms with Crippen molar-refractivity contribution in [1.29, 1.82) is 0 Å². The second-order valence-corrected chi connectivity index (χ2v) is 4.36. The molecule has 2 heteroatoms. The SMILES string of the molecule is CC1CNc2ccccc2SC1. The van der Waals surface area contributed by atoms with Gasteiger partial charge >= 0.3 is 0 Å². The fourth-order valence-electron chi connectivity index (χ4n) is 1.31. The molecule has 12 heavy (non-hydrogen) atoms. The molecule has 1 unspecified atom stereocenters. The number of nitrogens with one attached hydrogen (secondary N) is 1. The Labute approximate surface area is 77.6 Å². The molecule has 0 fully saturated rings. The van der Waals surface area contributed by atoms with E-state index in [0.29, 0.717) is 0 Å². The highest BCUT2D eigenvalue weighted by molar-refractivity contribution is 7.99. The summed E-state index contributed by atoms with van der Waals surface area (Å²) in [4.78, 5) is 1.39. The van der Waals surface area contributed by atoms with Gasteiger partial charge in [-0.3, -0.25) is 0 Å². The van der Waals surface area contributed by atoms with Gasteiger partial charge in [-0.2, -0.15) is 0 Å². The monoisotopic (exact) mass is 179 g/mol. The standard InChI is InChI=1S/C10H13NS/c1-8-6-11-9-4-2-3-5-10(9)12-7-8/h2-5,8,11H,6-7H2,1H3. The van der Waals surface area contributed by atoms with E-state index in [1.807, 2.05) is 11.8 Å². The van der Waals surface area contributed by atoms with E-state index in [4.69, 9.17) is 0 Å². The first-order valence-corrected chi connectivity index (χ1v) is 5.30. The lowest BCUT2D eigenvalue weighted by atomic mass is 10.2. The first kappa shape index (κ1) is 7.99. The lowest BCUT2D eigenvalue weighted by Crippen LogP contribution is -2.10. The Hall–Kier alpha value is -0.630. The first-order chi connectivity index (χ1) is 5.86. The topological polar surface area (TPSA) is 12.0 Å². The molecule has 1 atom stereocenters. The molecule has 1 aromatic rings. The number of benzene rings is 1. The molecule has 0 bridgehead atoms. The fraction of sp³-hybridized carbons (Fsp3) is 0.400. The Kier molecular flexibility index (Phi) is 2.26. The van der Waals surface area contributed by atoms with Crippen LogP contribution in [0.1, 0.15) is 6.92 Å². The van der Waals surface area contributed by atoms with Gasteiger partial charge in [-0.1, -0.05) is 19.1 Å². The summed E-state index contributed by atoms with van der Waals surface area (Å²) >= 11 is 1.96. The average molecular weight is 179 g/mol. The van der Waals surface area contributed by atoms with E-state index < -0.39 is 0 Å². The lowest BCUT2D eigenvalue weighted by molar-refractivity contribution is 0.705. The molecule has 2 rings (SSSR count). The average Bonchev–Trinajstić information content (AvgIpc) is 2.29. The largest absolute Gasteiger partial charge is 0.384 e. The summed E-state index contributed by atoms with van der Waals surface area (Å²) in [6.07, 6.45) is 0. The molecule has 0 aromatic heterocycles. The maximum Gasteiger partial charge on any atom is 0.0478 e. The minimum absolute atomic E-state index is 0.766. The van der Waals surface area contributed by atoms with E-state index >= 15 is 0 Å². The van der Waals surface area contributed by atoms with E-state index in [1.165, 1.54) is 16.3 Å². The van der Waals surface area contributed by atoms with Crippen molar-refractivity contribution >= 4 is 17.4 Å². The summed E-state index contributed by atoms with van der Waals surface area (Å²) in [5, 5.41) is 3.45. The first-order valence-electron chi connectivity index (χ1n) is 4.32. The third kappa shape index (κ3) is 1.58. The van der Waals surface area contributed by atoms with Crippen molar-refractivity contribution in [3.63, 3.8) is 0 Å². The highest BCUT2D eigenvalue weighted by Gasteiger charge is 2.10. The minimum atomic E-state index is 0.766. The number of rotatable bonds is 0. The smallest absolute Gasteiger partial charge is 0.0478 e. The van der Waals surface area contributed by atoms with Crippen LogP contribution in [-0.2, 0) is 0 Å². The van der Waals surface area contributed by atoms with Crippen LogP contribution in [0.15, 0.2) is 29.2 Å². The molecule has 1 aliphatic rings. The molecule has 1 heterocycles. The van der Waals surface area contributed by atoms with Crippen molar-refractivity contribution in [2.45, 2.75) is 11.8 Å². The van der Waals surface area contributed by atoms with Crippen LogP contribution < -0.4 is 5.32 Å². The molecule has 64 valence electrons. The zero-order valence-electron chi connectivity index (χ0n) is 7.21. The quantitative estimate of drug-likeness (QED) is 0.657. The van der Waals surface area contributed by atoms with Crippen molar-refractivity contribution in [2.24, 2.45) is 5.92 Å². The Bertz CT molecular complexity index is 245. The second-order valence-electron chi connectivity index (χ2n) is 3.29. The van der Waals surface area contributed by atoms with E-state index in [9.17, 15) is 0 Å². The van der Waals surface area contributed by atoms with Crippen molar-refractivity contribution in [3.8, 4) is 0 Å². The molecule has 1 nitrogen and oxygen atoms in total. The van der Waals surface area contributed by atoms with Crippen LogP contribution in [-0.4, -0.2) is 12.3 Å². The van der Waals surface area contributed by atoms with Gasteiger partial charge in [-0.25, -0.2) is 0 Å². The van der Waals surface area contributed by atoms with Crippen molar-refractivity contribution in [1.82, 2.24) is 0 Å². The lowest BCUT2D eigenvalue weighted by Gasteiger charge is -2.06. The Morgan fingerprint density at radius 3 is 3.17 bits per heavy atom. The van der Waals surface area contributed by atoms with Crippen molar-refractivity contribution in [3.05, 3.63) is 24.3 Å². The van der Waals surface area contributed by atoms with E-state index in [0.717, 1.165) is 12.5 Å². The third-order valence-electron chi connectivity index (χ3n) is 2.05. The molecular weight excluding hydrogens is 166 g/mol. The van der Waals surface area contributed by atoms with Gasteiger partial charge in [0.15, 0.2) is 0 Å². The van der Waals surface area contributed by atoms with E-state index in [2.05, 4.69) is 36.5 Å². The summed E-state index contributed by atoms with van der Waals surface area (Å²) in [5.41, 5.74) is 1.30. The molecule has 0 saturated carbocycles. The molecule has 1 N–H and O–H groups in total. The van der Waals surface area contributed by atoms with Crippen molar-refractivity contribution < 1.29 is 0 Å². The van der Waals surface area contributed by atoms with Gasteiger partial charge in [0, 0.05) is 22.9 Å². The number of hydrogen-bond donors (Lipinski definition) is 1. The predicted molar refractivity (Wildman–Crippen MR) is 54.8 cm³/mol. The molecule has 0 saturated heterocycles. The van der Waals surface area contributed by atoms with Crippen LogP contribution >= 0.6 is 11.8 Å². The number of anilines is 1. The van der Waals surface area contributed by atoms with Crippen LogP contribution in [0, 0.1) is 5.92 Å². The zero-order valence-corrected chi connectivity index (χ0v) is 8.03. The van der Waals surface area contributed by atoms with E-state index in [-0.39, 0.29) is 0 Å². The second kappa shape index (κ2) is 3.40. The van der Waals surface area contributed by atoms with Crippen molar-refractivity contribution in [2.75, 3.05) is 17.6 Å². The third-order valence-corrected chi connectivity index (χ3v) is 3.45. The van der Waals surface area contributed by atoms with Crippen LogP contribution in [0.3, 0.4) is 0 Å². The van der Waals surface area contributed by atoms with Crippen LogP contribution in [0.5, 0.6) is 0 Å². The van der Waals surface area contributed by atoms with Gasteiger partial charge in [0.2, 0.25) is 0 Å². The minimum Gasteiger partial charge on any atom is -0.384 e. The summed E-state index contributed by atoms with van der Waals surface area (Å²) in [6, 6.07) is 8.53. The van der Waals surface area contributed by atoms with Crippen LogP contribution in [0.2, 0.25) is 0 Å². The predicted octanol–water partition coefficient (Wildman–Crippen LogP) is 2.84. The Morgan fingerprint density at radius 1 is 1.42 bits per heavy atom. The van der Waals surface area contributed by atoms with Gasteiger partial charge in [-0.15, -0.1) is 11.8 Å². The molecule has 1 aromatic carbocycles. The fourth-order valence-corrected chi connectivity index (χ4v) is 2.37. The highest BCUT2D eigenvalue weighted by Crippen LogP contribution is 2.31. The normalized spacial score (nSPS) is 22.2. The number of hydrogen-bond acceptors (Lipinski definition) is 2. The molecule has 0 aliphatic carbocycles. The molecule has 0 radical (unpaired) electrons.